The van der Waals surface area contributed by atoms with Gasteiger partial charge in [-0.05, 0) is 56.2 Å². The van der Waals surface area contributed by atoms with Gasteiger partial charge in [0.2, 0.25) is 0 Å². The second kappa shape index (κ2) is 7.44. The summed E-state index contributed by atoms with van der Waals surface area (Å²) in [5.74, 6) is -0.337. The van der Waals surface area contributed by atoms with Gasteiger partial charge in [-0.25, -0.2) is 4.79 Å². The van der Waals surface area contributed by atoms with Gasteiger partial charge in [-0.1, -0.05) is 54.6 Å². The molecule has 0 aliphatic heterocycles. The van der Waals surface area contributed by atoms with Crippen LogP contribution in [0.25, 0.3) is 11.1 Å². The lowest BCUT2D eigenvalue weighted by Gasteiger charge is -2.21. The van der Waals surface area contributed by atoms with Gasteiger partial charge in [-0.3, -0.25) is 0 Å². The highest BCUT2D eigenvalue weighted by atomic mass is 16.6. The van der Waals surface area contributed by atoms with E-state index in [0.29, 0.717) is 5.56 Å². The Morgan fingerprint density at radius 3 is 2.04 bits per heavy atom. The fourth-order valence-electron chi connectivity index (χ4n) is 2.65. The summed E-state index contributed by atoms with van der Waals surface area (Å²) in [5.41, 5.74) is 3.76. The van der Waals surface area contributed by atoms with Gasteiger partial charge in [0.1, 0.15) is 5.60 Å². The van der Waals surface area contributed by atoms with Crippen LogP contribution >= 0.6 is 0 Å². The third kappa shape index (κ3) is 4.51. The SMILES string of the molecule is CC(C)(C)OC(=O)c1ccc(-c2ccccc2)cc1Nc1ccccc1. The predicted octanol–water partition coefficient (Wildman–Crippen LogP) is 6.05. The van der Waals surface area contributed by atoms with Crippen molar-refractivity contribution in [3.63, 3.8) is 0 Å². The first-order valence-corrected chi connectivity index (χ1v) is 8.67. The normalized spacial score (nSPS) is 11.0. The molecule has 0 saturated heterocycles. The van der Waals surface area contributed by atoms with E-state index in [0.717, 1.165) is 22.5 Å². The van der Waals surface area contributed by atoms with E-state index < -0.39 is 5.60 Å². The molecule has 0 unspecified atom stereocenters. The van der Waals surface area contributed by atoms with Gasteiger partial charge in [0.05, 0.1) is 11.3 Å². The van der Waals surface area contributed by atoms with Crippen molar-refractivity contribution in [1.29, 1.82) is 0 Å². The van der Waals surface area contributed by atoms with Crippen molar-refractivity contribution in [2.24, 2.45) is 0 Å². The highest BCUT2D eigenvalue weighted by Crippen LogP contribution is 2.29. The molecule has 0 spiro atoms. The van der Waals surface area contributed by atoms with E-state index in [-0.39, 0.29) is 5.97 Å². The molecule has 0 aromatic heterocycles. The second-order valence-electron chi connectivity index (χ2n) is 7.12. The van der Waals surface area contributed by atoms with E-state index in [9.17, 15) is 4.79 Å². The number of rotatable bonds is 4. The van der Waals surface area contributed by atoms with Crippen LogP contribution in [-0.4, -0.2) is 11.6 Å². The molecule has 0 saturated carbocycles. The highest BCUT2D eigenvalue weighted by Gasteiger charge is 2.21. The van der Waals surface area contributed by atoms with E-state index in [4.69, 9.17) is 4.74 Å². The first-order valence-electron chi connectivity index (χ1n) is 8.67. The number of hydrogen-bond acceptors (Lipinski definition) is 3. The summed E-state index contributed by atoms with van der Waals surface area (Å²) in [4.78, 5) is 12.7. The van der Waals surface area contributed by atoms with Crippen LogP contribution in [0.5, 0.6) is 0 Å². The standard InChI is InChI=1S/C23H23NO2/c1-23(2,3)26-22(25)20-15-14-18(17-10-6-4-7-11-17)16-21(20)24-19-12-8-5-9-13-19/h4-16,24H,1-3H3. The molecule has 3 aromatic rings. The van der Waals surface area contributed by atoms with Crippen LogP contribution in [0.2, 0.25) is 0 Å². The molecule has 0 radical (unpaired) electrons. The molecule has 0 fully saturated rings. The number of anilines is 2. The molecule has 3 nitrogen and oxygen atoms in total. The number of nitrogens with one attached hydrogen (secondary N) is 1. The van der Waals surface area contributed by atoms with Gasteiger partial charge in [0, 0.05) is 5.69 Å². The van der Waals surface area contributed by atoms with Gasteiger partial charge in [0.15, 0.2) is 0 Å². The van der Waals surface area contributed by atoms with Gasteiger partial charge in [-0.15, -0.1) is 0 Å². The summed E-state index contributed by atoms with van der Waals surface area (Å²) < 4.78 is 5.57. The van der Waals surface area contributed by atoms with Gasteiger partial charge < -0.3 is 10.1 Å². The molecule has 3 aromatic carbocycles. The highest BCUT2D eigenvalue weighted by molar-refractivity contribution is 5.98. The number of esters is 1. The summed E-state index contributed by atoms with van der Waals surface area (Å²) in [6.45, 7) is 5.61. The van der Waals surface area contributed by atoms with Crippen LogP contribution < -0.4 is 5.32 Å². The van der Waals surface area contributed by atoms with Crippen molar-refractivity contribution < 1.29 is 9.53 Å². The molecular formula is C23H23NO2. The molecule has 132 valence electrons. The lowest BCUT2D eigenvalue weighted by molar-refractivity contribution is 0.00708. The zero-order chi connectivity index (χ0) is 18.6. The fraction of sp³-hybridized carbons (Fsp3) is 0.174. The van der Waals surface area contributed by atoms with Crippen LogP contribution in [0.15, 0.2) is 78.9 Å². The number of carbonyl (C=O) groups excluding carboxylic acids is 1. The Morgan fingerprint density at radius 1 is 0.808 bits per heavy atom. The molecule has 0 aliphatic carbocycles. The minimum Gasteiger partial charge on any atom is -0.456 e. The lowest BCUT2D eigenvalue weighted by Crippen LogP contribution is -2.24. The average Bonchev–Trinajstić information content (AvgIpc) is 2.62. The lowest BCUT2D eigenvalue weighted by atomic mass is 10.0. The van der Waals surface area contributed by atoms with Crippen molar-refractivity contribution in [1.82, 2.24) is 0 Å². The molecule has 3 heteroatoms. The van der Waals surface area contributed by atoms with Crippen LogP contribution in [0, 0.1) is 0 Å². The summed E-state index contributed by atoms with van der Waals surface area (Å²) >= 11 is 0. The Balaban J connectivity index is 2.01. The maximum atomic E-state index is 12.7. The first-order chi connectivity index (χ1) is 12.4. The zero-order valence-corrected chi connectivity index (χ0v) is 15.3. The van der Waals surface area contributed by atoms with Crippen molar-refractivity contribution in [3.8, 4) is 11.1 Å². The molecular weight excluding hydrogens is 322 g/mol. The van der Waals surface area contributed by atoms with E-state index in [1.165, 1.54) is 0 Å². The smallest absolute Gasteiger partial charge is 0.340 e. The molecule has 0 heterocycles. The minimum atomic E-state index is -0.542. The maximum absolute atomic E-state index is 12.7. The minimum absolute atomic E-state index is 0.337. The average molecular weight is 345 g/mol. The quantitative estimate of drug-likeness (QED) is 0.585. The number of carbonyl (C=O) groups is 1. The van der Waals surface area contributed by atoms with Crippen LogP contribution in [0.4, 0.5) is 11.4 Å². The van der Waals surface area contributed by atoms with Gasteiger partial charge in [0.25, 0.3) is 0 Å². The third-order valence-corrected chi connectivity index (χ3v) is 3.80. The van der Waals surface area contributed by atoms with Crippen molar-refractivity contribution in [2.75, 3.05) is 5.32 Å². The van der Waals surface area contributed by atoms with Crippen molar-refractivity contribution in [3.05, 3.63) is 84.4 Å². The van der Waals surface area contributed by atoms with Crippen molar-refractivity contribution >= 4 is 17.3 Å². The molecule has 0 atom stereocenters. The Labute approximate surface area is 154 Å². The topological polar surface area (TPSA) is 38.3 Å². The molecule has 0 aliphatic rings. The Hall–Kier alpha value is -3.07. The van der Waals surface area contributed by atoms with Gasteiger partial charge >= 0.3 is 5.97 Å². The van der Waals surface area contributed by atoms with Crippen LogP contribution in [0.3, 0.4) is 0 Å². The summed E-state index contributed by atoms with van der Waals surface area (Å²) in [6, 6.07) is 25.7. The molecule has 0 amide bonds. The maximum Gasteiger partial charge on any atom is 0.340 e. The number of ether oxygens (including phenoxy) is 1. The Kier molecular flexibility index (Phi) is 5.08. The third-order valence-electron chi connectivity index (χ3n) is 3.80. The fourth-order valence-corrected chi connectivity index (χ4v) is 2.65. The van der Waals surface area contributed by atoms with E-state index in [2.05, 4.69) is 17.4 Å². The Morgan fingerprint density at radius 2 is 1.42 bits per heavy atom. The van der Waals surface area contributed by atoms with E-state index in [1.54, 1.807) is 0 Å². The number of hydrogen-bond donors (Lipinski definition) is 1. The Bertz CT molecular complexity index is 881. The van der Waals surface area contributed by atoms with Crippen LogP contribution in [0.1, 0.15) is 31.1 Å². The zero-order valence-electron chi connectivity index (χ0n) is 15.3. The number of benzene rings is 3. The summed E-state index contributed by atoms with van der Waals surface area (Å²) in [6.07, 6.45) is 0. The summed E-state index contributed by atoms with van der Waals surface area (Å²) in [5, 5.41) is 3.35. The molecule has 26 heavy (non-hydrogen) atoms. The largest absolute Gasteiger partial charge is 0.456 e. The van der Waals surface area contributed by atoms with Crippen LogP contribution in [-0.2, 0) is 4.74 Å². The molecule has 1 N–H and O–H groups in total. The monoisotopic (exact) mass is 345 g/mol. The van der Waals surface area contributed by atoms with E-state index in [1.807, 2.05) is 87.5 Å². The second-order valence-corrected chi connectivity index (χ2v) is 7.12. The molecule has 3 rings (SSSR count). The molecule has 0 bridgehead atoms. The predicted molar refractivity (Wildman–Crippen MR) is 107 cm³/mol. The first kappa shape index (κ1) is 17.7. The summed E-state index contributed by atoms with van der Waals surface area (Å²) in [7, 11) is 0. The van der Waals surface area contributed by atoms with Crippen molar-refractivity contribution in [2.45, 2.75) is 26.4 Å². The number of para-hydroxylation sites is 1. The van der Waals surface area contributed by atoms with E-state index >= 15 is 0 Å². The van der Waals surface area contributed by atoms with Gasteiger partial charge in [-0.2, -0.15) is 0 Å².